The molecule has 1 rings (SSSR count). The molecule has 0 heterocycles. The quantitative estimate of drug-likeness (QED) is 0.0760. The lowest BCUT2D eigenvalue weighted by Crippen LogP contribution is -2.02. The van der Waals surface area contributed by atoms with Gasteiger partial charge in [-0.05, 0) is 37.1 Å². The fourth-order valence-corrected chi connectivity index (χ4v) is 6.42. The van der Waals surface area contributed by atoms with Crippen LogP contribution < -0.4 is 10.1 Å². The Kier molecular flexibility index (Phi) is 32.2. The van der Waals surface area contributed by atoms with Crippen molar-refractivity contribution in [3.05, 3.63) is 24.3 Å². The number of rotatable bonds is 36. The average molecular weight is 614 g/mol. The lowest BCUT2D eigenvalue weighted by molar-refractivity contribution is 0.304. The van der Waals surface area contributed by atoms with Crippen molar-refractivity contribution in [2.45, 2.75) is 219 Å². The van der Waals surface area contributed by atoms with E-state index in [4.69, 9.17) is 4.74 Å². The summed E-state index contributed by atoms with van der Waals surface area (Å²) in [6.07, 6.45) is 45.4. The third-order valence-corrected chi connectivity index (χ3v) is 9.48. The molecule has 0 unspecified atom stereocenters. The molecule has 0 fully saturated rings. The molecule has 44 heavy (non-hydrogen) atoms. The number of hydrogen-bond acceptors (Lipinski definition) is 2. The van der Waals surface area contributed by atoms with Gasteiger partial charge in [-0.15, -0.1) is 0 Å². The van der Waals surface area contributed by atoms with E-state index >= 15 is 0 Å². The first-order valence-corrected chi connectivity index (χ1v) is 20.3. The maximum absolute atomic E-state index is 5.99. The third-order valence-electron chi connectivity index (χ3n) is 9.48. The minimum Gasteiger partial charge on any atom is -0.494 e. The van der Waals surface area contributed by atoms with E-state index in [2.05, 4.69) is 43.4 Å². The Balaban J connectivity index is 1.79. The van der Waals surface area contributed by atoms with Crippen molar-refractivity contribution < 1.29 is 4.74 Å². The lowest BCUT2D eigenvalue weighted by Gasteiger charge is -2.09. The van der Waals surface area contributed by atoms with Gasteiger partial charge in [-0.25, -0.2) is 0 Å². The smallest absolute Gasteiger partial charge is 0.119 e. The molecule has 0 aliphatic carbocycles. The van der Waals surface area contributed by atoms with Crippen molar-refractivity contribution in [3.63, 3.8) is 0 Å². The largest absolute Gasteiger partial charge is 0.494 e. The second-order valence-corrected chi connectivity index (χ2v) is 13.9. The second-order valence-electron chi connectivity index (χ2n) is 13.9. The van der Waals surface area contributed by atoms with Gasteiger partial charge in [0.2, 0.25) is 0 Å². The van der Waals surface area contributed by atoms with Crippen molar-refractivity contribution in [1.29, 1.82) is 0 Å². The highest BCUT2D eigenvalue weighted by Crippen LogP contribution is 2.18. The van der Waals surface area contributed by atoms with Gasteiger partial charge in [0, 0.05) is 12.2 Å². The van der Waals surface area contributed by atoms with Gasteiger partial charge in [-0.2, -0.15) is 0 Å². The summed E-state index contributed by atoms with van der Waals surface area (Å²) < 4.78 is 5.99. The van der Waals surface area contributed by atoms with Gasteiger partial charge in [0.05, 0.1) is 6.61 Å². The molecule has 0 aliphatic rings. The van der Waals surface area contributed by atoms with Gasteiger partial charge in [0.25, 0.3) is 0 Å². The highest BCUT2D eigenvalue weighted by Gasteiger charge is 1.99. The molecule has 0 aliphatic heterocycles. The SMILES string of the molecule is CCCCCCCCCCCCCCCCCCNc1ccc(OCCCCCCCCCCCCCCCCCC)cc1. The Labute approximate surface area is 277 Å². The van der Waals surface area contributed by atoms with Crippen molar-refractivity contribution in [1.82, 2.24) is 0 Å². The van der Waals surface area contributed by atoms with Crippen molar-refractivity contribution in [2.75, 3.05) is 18.5 Å². The molecular weight excluding hydrogens is 534 g/mol. The Morgan fingerprint density at radius 1 is 0.364 bits per heavy atom. The summed E-state index contributed by atoms with van der Waals surface area (Å²) in [6, 6.07) is 8.61. The van der Waals surface area contributed by atoms with E-state index in [1.807, 2.05) is 0 Å². The van der Waals surface area contributed by atoms with Gasteiger partial charge < -0.3 is 10.1 Å². The van der Waals surface area contributed by atoms with Crippen LogP contribution in [0.3, 0.4) is 0 Å². The summed E-state index contributed by atoms with van der Waals surface area (Å²) in [7, 11) is 0. The van der Waals surface area contributed by atoms with Gasteiger partial charge >= 0.3 is 0 Å². The molecule has 1 aromatic rings. The summed E-state index contributed by atoms with van der Waals surface area (Å²) >= 11 is 0. The minimum absolute atomic E-state index is 0.852. The van der Waals surface area contributed by atoms with Crippen molar-refractivity contribution in [2.24, 2.45) is 0 Å². The van der Waals surface area contributed by atoms with Crippen LogP contribution >= 0.6 is 0 Å². The van der Waals surface area contributed by atoms with Crippen LogP contribution in [-0.2, 0) is 0 Å². The van der Waals surface area contributed by atoms with E-state index < -0.39 is 0 Å². The van der Waals surface area contributed by atoms with Crippen LogP contribution in [0.2, 0.25) is 0 Å². The Bertz CT molecular complexity index is 599. The Morgan fingerprint density at radius 2 is 0.659 bits per heavy atom. The monoisotopic (exact) mass is 614 g/mol. The van der Waals surface area contributed by atoms with Crippen LogP contribution in [0.4, 0.5) is 5.69 Å². The molecule has 0 saturated carbocycles. The molecule has 258 valence electrons. The van der Waals surface area contributed by atoms with Crippen LogP contribution in [-0.4, -0.2) is 13.2 Å². The molecule has 2 nitrogen and oxygen atoms in total. The van der Waals surface area contributed by atoms with Crippen LogP contribution in [0, 0.1) is 0 Å². The number of benzene rings is 1. The second kappa shape index (κ2) is 34.7. The number of anilines is 1. The number of nitrogens with one attached hydrogen (secondary N) is 1. The lowest BCUT2D eigenvalue weighted by atomic mass is 10.0. The van der Waals surface area contributed by atoms with E-state index in [0.717, 1.165) is 18.9 Å². The first-order valence-electron chi connectivity index (χ1n) is 20.3. The first kappa shape index (κ1) is 40.8. The first-order chi connectivity index (χ1) is 21.9. The zero-order chi connectivity index (χ0) is 31.4. The van der Waals surface area contributed by atoms with Crippen LogP contribution in [0.5, 0.6) is 5.75 Å². The van der Waals surface area contributed by atoms with Crippen molar-refractivity contribution >= 4 is 5.69 Å². The Hall–Kier alpha value is -1.18. The van der Waals surface area contributed by atoms with Gasteiger partial charge in [0.15, 0.2) is 0 Å². The van der Waals surface area contributed by atoms with Gasteiger partial charge in [-0.3, -0.25) is 0 Å². The van der Waals surface area contributed by atoms with Crippen LogP contribution in [0.1, 0.15) is 219 Å². The summed E-state index contributed by atoms with van der Waals surface area (Å²) in [4.78, 5) is 0. The fourth-order valence-electron chi connectivity index (χ4n) is 6.42. The summed E-state index contributed by atoms with van der Waals surface area (Å²) in [5.74, 6) is 1.01. The molecule has 0 atom stereocenters. The normalized spacial score (nSPS) is 11.3. The molecule has 1 aromatic carbocycles. The fraction of sp³-hybridized carbons (Fsp3) is 0.857. The van der Waals surface area contributed by atoms with Crippen LogP contribution in [0.25, 0.3) is 0 Å². The third kappa shape index (κ3) is 29.5. The van der Waals surface area contributed by atoms with Gasteiger partial charge in [0.1, 0.15) is 5.75 Å². The highest BCUT2D eigenvalue weighted by molar-refractivity contribution is 5.46. The van der Waals surface area contributed by atoms with Crippen molar-refractivity contribution in [3.8, 4) is 5.75 Å². The topological polar surface area (TPSA) is 21.3 Å². The van der Waals surface area contributed by atoms with Crippen LogP contribution in [0.15, 0.2) is 24.3 Å². The maximum Gasteiger partial charge on any atom is 0.119 e. The molecule has 0 amide bonds. The molecule has 2 heteroatoms. The summed E-state index contributed by atoms with van der Waals surface area (Å²) in [5, 5.41) is 3.59. The number of hydrogen-bond donors (Lipinski definition) is 1. The zero-order valence-corrected chi connectivity index (χ0v) is 30.3. The minimum atomic E-state index is 0.852. The van der Waals surface area contributed by atoms with E-state index in [-0.39, 0.29) is 0 Å². The number of ether oxygens (including phenoxy) is 1. The predicted octanol–water partition coefficient (Wildman–Crippen LogP) is 15.0. The molecule has 0 spiro atoms. The molecular formula is C42H79NO. The maximum atomic E-state index is 5.99. The standard InChI is InChI=1S/C42H79NO/c1-3-5-7-9-11-13-15-17-19-21-23-25-27-29-31-33-39-43-41-35-37-42(38-36-41)44-40-34-32-30-28-26-24-22-20-18-16-14-12-10-8-6-4-2/h35-38,43H,3-34,39-40H2,1-2H3. The van der Waals surface area contributed by atoms with E-state index in [9.17, 15) is 0 Å². The molecule has 0 radical (unpaired) electrons. The zero-order valence-electron chi connectivity index (χ0n) is 30.3. The van der Waals surface area contributed by atoms with E-state index in [1.54, 1.807) is 0 Å². The molecule has 0 bridgehead atoms. The van der Waals surface area contributed by atoms with E-state index in [0.29, 0.717) is 0 Å². The highest BCUT2D eigenvalue weighted by atomic mass is 16.5. The average Bonchev–Trinajstić information content (AvgIpc) is 3.04. The summed E-state index contributed by atoms with van der Waals surface area (Å²) in [5.41, 5.74) is 1.22. The summed E-state index contributed by atoms with van der Waals surface area (Å²) in [6.45, 7) is 6.53. The number of unbranched alkanes of at least 4 members (excludes halogenated alkanes) is 30. The predicted molar refractivity (Wildman–Crippen MR) is 200 cm³/mol. The van der Waals surface area contributed by atoms with Gasteiger partial charge in [-0.1, -0.05) is 206 Å². The van der Waals surface area contributed by atoms with E-state index in [1.165, 1.54) is 211 Å². The molecule has 0 saturated heterocycles. The molecule has 1 N–H and O–H groups in total. The Morgan fingerprint density at radius 3 is 1.00 bits per heavy atom. The molecule has 0 aromatic heterocycles.